The van der Waals surface area contributed by atoms with Crippen LogP contribution in [0.3, 0.4) is 0 Å². The molecule has 0 aromatic heterocycles. The number of allylic oxidation sites excluding steroid dienone is 3. The molecular formula is C33H60O2. The van der Waals surface area contributed by atoms with Crippen molar-refractivity contribution in [2.24, 2.45) is 17.3 Å². The first-order chi connectivity index (χ1) is 16.4. The van der Waals surface area contributed by atoms with E-state index in [1.54, 1.807) is 0 Å². The largest absolute Gasteiger partial charge is 0.390 e. The summed E-state index contributed by atoms with van der Waals surface area (Å²) in [5.74, 6) is 1.43. The second-order valence-corrected chi connectivity index (χ2v) is 11.6. The van der Waals surface area contributed by atoms with Crippen LogP contribution >= 0.6 is 0 Å². The summed E-state index contributed by atoms with van der Waals surface area (Å²) in [5.41, 5.74) is 3.35. The van der Waals surface area contributed by atoms with Gasteiger partial charge in [-0.05, 0) is 101 Å². The van der Waals surface area contributed by atoms with E-state index < -0.39 is 5.60 Å². The molecule has 0 saturated heterocycles. The van der Waals surface area contributed by atoms with Crippen molar-refractivity contribution in [3.05, 3.63) is 35.5 Å². The predicted octanol–water partition coefficient (Wildman–Crippen LogP) is 9.43. The lowest BCUT2D eigenvalue weighted by atomic mass is 9.66. The number of rotatable bonds is 13. The monoisotopic (exact) mass is 488 g/mol. The molecule has 0 aromatic rings. The quantitative estimate of drug-likeness (QED) is 0.253. The maximum atomic E-state index is 10.0. The highest BCUT2D eigenvalue weighted by atomic mass is 16.3. The molecule has 0 spiro atoms. The third kappa shape index (κ3) is 15.4. The Morgan fingerprint density at radius 3 is 2.26 bits per heavy atom. The minimum absolute atomic E-state index is 0.338. The minimum Gasteiger partial charge on any atom is -0.390 e. The molecule has 0 aliphatic heterocycles. The maximum absolute atomic E-state index is 10.0. The zero-order valence-corrected chi connectivity index (χ0v) is 24.9. The van der Waals surface area contributed by atoms with Gasteiger partial charge >= 0.3 is 0 Å². The van der Waals surface area contributed by atoms with Crippen LogP contribution in [0.15, 0.2) is 35.5 Å². The summed E-state index contributed by atoms with van der Waals surface area (Å²) in [5, 5.41) is 20.0. The fourth-order valence-corrected chi connectivity index (χ4v) is 5.37. The van der Waals surface area contributed by atoms with Gasteiger partial charge in [-0.3, -0.25) is 0 Å². The Labute approximate surface area is 220 Å². The third-order valence-corrected chi connectivity index (χ3v) is 7.44. The van der Waals surface area contributed by atoms with Gasteiger partial charge in [-0.1, -0.05) is 85.1 Å². The summed E-state index contributed by atoms with van der Waals surface area (Å²) in [4.78, 5) is 0. The molecule has 1 saturated carbocycles. The van der Waals surface area contributed by atoms with Crippen LogP contribution in [0, 0.1) is 30.1 Å². The molecule has 0 bridgehead atoms. The van der Waals surface area contributed by atoms with Crippen molar-refractivity contribution in [2.45, 2.75) is 145 Å². The van der Waals surface area contributed by atoms with Gasteiger partial charge in [-0.15, -0.1) is 12.8 Å². The minimum atomic E-state index is -0.545. The Kier molecular flexibility index (Phi) is 19.4. The first kappa shape index (κ1) is 35.9. The van der Waals surface area contributed by atoms with E-state index in [2.05, 4.69) is 66.2 Å². The Morgan fingerprint density at radius 1 is 1.11 bits per heavy atom. The SMILES string of the molecule is C#C.C=C1/C(=C\C=C(\C)CCCC(C)(C)C(CCC)[C@H](C)CCCC(C)(C)O)CCC[C@@H]1O.CC. The molecule has 0 radical (unpaired) electrons. The van der Waals surface area contributed by atoms with Crippen LogP contribution in [-0.2, 0) is 0 Å². The topological polar surface area (TPSA) is 40.5 Å². The van der Waals surface area contributed by atoms with Crippen molar-refractivity contribution in [3.8, 4) is 12.8 Å². The molecule has 0 heterocycles. The second kappa shape index (κ2) is 18.9. The molecule has 2 nitrogen and oxygen atoms in total. The summed E-state index contributed by atoms with van der Waals surface area (Å²) in [6.07, 6.45) is 24.4. The van der Waals surface area contributed by atoms with E-state index in [0.717, 1.165) is 50.0 Å². The standard InChI is InChI=1S/C29H52O2.C2H6.C2H2/c1-9-13-26(23(3)15-12-21-29(7,8)31)28(5,6)20-11-14-22(2)18-19-25-16-10-17-27(30)24(25)4;2*1-2/h18-19,23,26-27,30-31H,4,9-17,20-21H2,1-3,5-8H3;1-2H3;1-2H/b22-18-,25-19-;;/t23-,26?,27+;;/m1../s1. The van der Waals surface area contributed by atoms with Gasteiger partial charge in [-0.2, -0.15) is 0 Å². The van der Waals surface area contributed by atoms with Gasteiger partial charge < -0.3 is 10.2 Å². The smallest absolute Gasteiger partial charge is 0.0787 e. The fourth-order valence-electron chi connectivity index (χ4n) is 5.37. The van der Waals surface area contributed by atoms with Crippen LogP contribution in [0.25, 0.3) is 0 Å². The lowest BCUT2D eigenvalue weighted by molar-refractivity contribution is 0.0612. The summed E-state index contributed by atoms with van der Waals surface area (Å²) in [6, 6.07) is 0. The molecular weight excluding hydrogens is 428 g/mol. The van der Waals surface area contributed by atoms with Gasteiger partial charge in [0, 0.05) is 0 Å². The van der Waals surface area contributed by atoms with Gasteiger partial charge in [0.05, 0.1) is 11.7 Å². The first-order valence-corrected chi connectivity index (χ1v) is 14.2. The summed E-state index contributed by atoms with van der Waals surface area (Å²) < 4.78 is 0. The van der Waals surface area contributed by atoms with Gasteiger partial charge in [-0.25, -0.2) is 0 Å². The lowest BCUT2D eigenvalue weighted by Gasteiger charge is -2.39. The number of hydrogen-bond acceptors (Lipinski definition) is 2. The molecule has 1 fully saturated rings. The molecule has 0 aromatic carbocycles. The van der Waals surface area contributed by atoms with Gasteiger partial charge in [0.15, 0.2) is 0 Å². The van der Waals surface area contributed by atoms with Crippen LogP contribution in [0.2, 0.25) is 0 Å². The number of hydrogen-bond donors (Lipinski definition) is 2. The zero-order chi connectivity index (χ0) is 27.7. The Balaban J connectivity index is 0. The highest BCUT2D eigenvalue weighted by molar-refractivity contribution is 5.36. The van der Waals surface area contributed by atoms with E-state index in [1.807, 2.05) is 27.7 Å². The predicted molar refractivity (Wildman–Crippen MR) is 157 cm³/mol. The second-order valence-electron chi connectivity index (χ2n) is 11.6. The van der Waals surface area contributed by atoms with E-state index in [1.165, 1.54) is 43.3 Å². The summed E-state index contributed by atoms with van der Waals surface area (Å²) in [7, 11) is 0. The Bertz CT molecular complexity index is 642. The van der Waals surface area contributed by atoms with Crippen LogP contribution < -0.4 is 0 Å². The highest BCUT2D eigenvalue weighted by Crippen LogP contribution is 2.42. The number of terminal acetylenes is 1. The number of aliphatic hydroxyl groups excluding tert-OH is 1. The number of aliphatic hydroxyl groups is 2. The Morgan fingerprint density at radius 2 is 1.71 bits per heavy atom. The van der Waals surface area contributed by atoms with Gasteiger partial charge in [0.25, 0.3) is 0 Å². The average molecular weight is 489 g/mol. The van der Waals surface area contributed by atoms with Crippen molar-refractivity contribution in [2.75, 3.05) is 0 Å². The van der Waals surface area contributed by atoms with Crippen LogP contribution in [-0.4, -0.2) is 21.9 Å². The van der Waals surface area contributed by atoms with Crippen LogP contribution in [0.1, 0.15) is 133 Å². The van der Waals surface area contributed by atoms with Crippen molar-refractivity contribution < 1.29 is 10.2 Å². The first-order valence-electron chi connectivity index (χ1n) is 14.2. The van der Waals surface area contributed by atoms with Crippen molar-refractivity contribution in [3.63, 3.8) is 0 Å². The van der Waals surface area contributed by atoms with Crippen molar-refractivity contribution in [1.82, 2.24) is 0 Å². The molecule has 3 atom stereocenters. The van der Waals surface area contributed by atoms with E-state index in [0.29, 0.717) is 11.3 Å². The molecule has 1 aliphatic rings. The van der Waals surface area contributed by atoms with Crippen molar-refractivity contribution in [1.29, 1.82) is 0 Å². The molecule has 2 N–H and O–H groups in total. The van der Waals surface area contributed by atoms with E-state index in [9.17, 15) is 10.2 Å². The molecule has 1 rings (SSSR count). The van der Waals surface area contributed by atoms with E-state index in [-0.39, 0.29) is 6.10 Å². The molecule has 204 valence electrons. The third-order valence-electron chi connectivity index (χ3n) is 7.44. The average Bonchev–Trinajstić information content (AvgIpc) is 2.80. The summed E-state index contributed by atoms with van der Waals surface area (Å²) >= 11 is 0. The Hall–Kier alpha value is -1.30. The molecule has 2 heteroatoms. The fraction of sp³-hybridized carbons (Fsp3) is 0.758. The van der Waals surface area contributed by atoms with E-state index in [4.69, 9.17) is 0 Å². The normalized spacial score (nSPS) is 19.8. The van der Waals surface area contributed by atoms with Gasteiger partial charge in [0.1, 0.15) is 0 Å². The maximum Gasteiger partial charge on any atom is 0.0787 e. The molecule has 1 unspecified atom stereocenters. The molecule has 1 aliphatic carbocycles. The summed E-state index contributed by atoms with van der Waals surface area (Å²) in [6.45, 7) is 23.8. The van der Waals surface area contributed by atoms with Gasteiger partial charge in [0.2, 0.25) is 0 Å². The molecule has 35 heavy (non-hydrogen) atoms. The van der Waals surface area contributed by atoms with Crippen LogP contribution in [0.5, 0.6) is 0 Å². The highest BCUT2D eigenvalue weighted by Gasteiger charge is 2.32. The van der Waals surface area contributed by atoms with E-state index >= 15 is 0 Å². The van der Waals surface area contributed by atoms with Crippen molar-refractivity contribution >= 4 is 0 Å². The zero-order valence-electron chi connectivity index (χ0n) is 24.9. The lowest BCUT2D eigenvalue weighted by Crippen LogP contribution is -2.30. The van der Waals surface area contributed by atoms with Crippen LogP contribution in [0.4, 0.5) is 0 Å². The molecule has 0 amide bonds.